The molecule has 0 bridgehead atoms. The molecule has 0 fully saturated rings. The van der Waals surface area contributed by atoms with E-state index in [0.29, 0.717) is 0 Å². The van der Waals surface area contributed by atoms with Crippen LogP contribution in [-0.4, -0.2) is 10.1 Å². The Morgan fingerprint density at radius 2 is 1.35 bits per heavy atom. The number of carbonyl (C=O) groups excluding carboxylic acids is 1. The summed E-state index contributed by atoms with van der Waals surface area (Å²) in [7, 11) is 0. The lowest BCUT2D eigenvalue weighted by Crippen LogP contribution is -2.06. The smallest absolute Gasteiger partial charge is 0.235 e. The van der Waals surface area contributed by atoms with E-state index in [2.05, 4.69) is 22.9 Å². The van der Waals surface area contributed by atoms with Gasteiger partial charge in [0.25, 0.3) is 0 Å². The molecule has 17 heavy (non-hydrogen) atoms. The zero-order chi connectivity index (χ0) is 12.9. The van der Waals surface area contributed by atoms with Crippen molar-refractivity contribution in [3.05, 3.63) is 0 Å². The second kappa shape index (κ2) is 12.9. The highest BCUT2D eigenvalue weighted by Gasteiger charge is 2.10. The lowest BCUT2D eigenvalue weighted by molar-refractivity contribution is -0.111. The molecule has 0 amide bonds. The minimum absolute atomic E-state index is 0.141. The van der Waals surface area contributed by atoms with Gasteiger partial charge < -0.3 is 0 Å². The largest absolute Gasteiger partial charge is 0.280 e. The van der Waals surface area contributed by atoms with Crippen LogP contribution in [0.1, 0.15) is 77.6 Å². The highest BCUT2D eigenvalue weighted by atomic mass is 79.9. The van der Waals surface area contributed by atoms with Gasteiger partial charge in [-0.3, -0.25) is 4.79 Å². The Hall–Kier alpha value is 0.440. The number of alkyl halides is 1. The summed E-state index contributed by atoms with van der Waals surface area (Å²) in [5.41, 5.74) is 0. The molecular formula is C14H26BrClO. The number of carbonyl (C=O) groups is 1. The molecule has 3 heteroatoms. The molecule has 0 spiro atoms. The van der Waals surface area contributed by atoms with Gasteiger partial charge in [0.15, 0.2) is 0 Å². The molecular weight excluding hydrogens is 300 g/mol. The van der Waals surface area contributed by atoms with E-state index >= 15 is 0 Å². The molecule has 1 atom stereocenters. The third-order valence-electron chi connectivity index (χ3n) is 3.06. The van der Waals surface area contributed by atoms with Crippen molar-refractivity contribution < 1.29 is 4.79 Å². The minimum atomic E-state index is -0.263. The zero-order valence-corrected chi connectivity index (χ0v) is 13.4. The molecule has 0 radical (unpaired) electrons. The molecule has 0 aliphatic rings. The second-order valence-corrected chi connectivity index (χ2v) is 6.22. The molecule has 1 nitrogen and oxygen atoms in total. The molecule has 0 saturated heterocycles. The van der Waals surface area contributed by atoms with Crippen molar-refractivity contribution in [2.75, 3.05) is 0 Å². The Bertz CT molecular complexity index is 185. The summed E-state index contributed by atoms with van der Waals surface area (Å²) < 4.78 is 0. The molecule has 0 aliphatic carbocycles. The fraction of sp³-hybridized carbons (Fsp3) is 0.929. The number of halogens is 2. The van der Waals surface area contributed by atoms with Crippen molar-refractivity contribution in [3.8, 4) is 0 Å². The van der Waals surface area contributed by atoms with E-state index < -0.39 is 0 Å². The second-order valence-electron chi connectivity index (χ2n) is 4.74. The summed E-state index contributed by atoms with van der Waals surface area (Å²) in [6.07, 6.45) is 14.1. The van der Waals surface area contributed by atoms with Crippen LogP contribution >= 0.6 is 27.5 Å². The van der Waals surface area contributed by atoms with Crippen LogP contribution < -0.4 is 0 Å². The van der Waals surface area contributed by atoms with E-state index in [1.165, 1.54) is 57.8 Å². The normalized spacial score (nSPS) is 12.6. The zero-order valence-electron chi connectivity index (χ0n) is 11.0. The van der Waals surface area contributed by atoms with Gasteiger partial charge >= 0.3 is 0 Å². The number of hydrogen-bond acceptors (Lipinski definition) is 1. The number of rotatable bonds is 12. The Labute approximate surface area is 120 Å². The third kappa shape index (κ3) is 12.7. The monoisotopic (exact) mass is 324 g/mol. The molecule has 0 saturated carbocycles. The molecule has 102 valence electrons. The van der Waals surface area contributed by atoms with Crippen LogP contribution in [-0.2, 0) is 4.79 Å². The van der Waals surface area contributed by atoms with Crippen LogP contribution in [0.2, 0.25) is 0 Å². The molecule has 0 aromatic rings. The SMILES string of the molecule is CCCCCCCCCCCCC(Br)C(=O)Cl. The van der Waals surface area contributed by atoms with E-state index in [-0.39, 0.29) is 10.1 Å². The minimum Gasteiger partial charge on any atom is -0.280 e. The Morgan fingerprint density at radius 3 is 1.76 bits per heavy atom. The van der Waals surface area contributed by atoms with Crippen molar-refractivity contribution in [2.24, 2.45) is 0 Å². The average Bonchev–Trinajstić information content (AvgIpc) is 2.31. The van der Waals surface area contributed by atoms with Crippen molar-refractivity contribution >= 4 is 32.8 Å². The van der Waals surface area contributed by atoms with Gasteiger partial charge in [-0.2, -0.15) is 0 Å². The standard InChI is InChI=1S/C14H26BrClO/c1-2-3-4-5-6-7-8-9-10-11-12-13(15)14(16)17/h13H,2-12H2,1H3. The van der Waals surface area contributed by atoms with E-state index in [9.17, 15) is 4.79 Å². The Kier molecular flexibility index (Phi) is 13.2. The van der Waals surface area contributed by atoms with Crippen LogP contribution in [0.5, 0.6) is 0 Å². The van der Waals surface area contributed by atoms with E-state index in [0.717, 1.165) is 12.8 Å². The van der Waals surface area contributed by atoms with Gasteiger partial charge in [-0.1, -0.05) is 87.1 Å². The van der Waals surface area contributed by atoms with Crippen molar-refractivity contribution in [1.29, 1.82) is 0 Å². The Morgan fingerprint density at radius 1 is 0.941 bits per heavy atom. The van der Waals surface area contributed by atoms with E-state index in [1.54, 1.807) is 0 Å². The molecule has 0 heterocycles. The molecule has 0 aromatic carbocycles. The highest BCUT2D eigenvalue weighted by molar-refractivity contribution is 9.10. The van der Waals surface area contributed by atoms with E-state index in [4.69, 9.17) is 11.6 Å². The summed E-state index contributed by atoms with van der Waals surface area (Å²) in [6, 6.07) is 0. The van der Waals surface area contributed by atoms with Crippen LogP contribution in [0.3, 0.4) is 0 Å². The van der Waals surface area contributed by atoms with Crippen molar-refractivity contribution in [1.82, 2.24) is 0 Å². The molecule has 0 rings (SSSR count). The van der Waals surface area contributed by atoms with Crippen LogP contribution in [0, 0.1) is 0 Å². The van der Waals surface area contributed by atoms with Gasteiger partial charge in [0, 0.05) is 0 Å². The predicted octanol–water partition coefficient (Wildman–Crippen LogP) is 5.83. The van der Waals surface area contributed by atoms with Gasteiger partial charge in [-0.05, 0) is 18.0 Å². The third-order valence-corrected chi connectivity index (χ3v) is 4.46. The first-order chi connectivity index (χ1) is 8.18. The van der Waals surface area contributed by atoms with Crippen molar-refractivity contribution in [3.63, 3.8) is 0 Å². The lowest BCUT2D eigenvalue weighted by atomic mass is 10.1. The quantitative estimate of drug-likeness (QED) is 0.251. The first kappa shape index (κ1) is 17.4. The van der Waals surface area contributed by atoms with Crippen LogP contribution in [0.25, 0.3) is 0 Å². The average molecular weight is 326 g/mol. The number of hydrogen-bond donors (Lipinski definition) is 0. The maximum atomic E-state index is 10.8. The Balaban J connectivity index is 3.06. The van der Waals surface area contributed by atoms with Gasteiger partial charge in [0.1, 0.15) is 0 Å². The predicted molar refractivity (Wildman–Crippen MR) is 80.0 cm³/mol. The number of unbranched alkanes of at least 4 members (excludes halogenated alkanes) is 9. The first-order valence-electron chi connectivity index (χ1n) is 7.02. The highest BCUT2D eigenvalue weighted by Crippen LogP contribution is 2.16. The first-order valence-corrected chi connectivity index (χ1v) is 8.31. The fourth-order valence-electron chi connectivity index (χ4n) is 1.92. The van der Waals surface area contributed by atoms with Crippen molar-refractivity contribution in [2.45, 2.75) is 82.4 Å². The molecule has 1 unspecified atom stereocenters. The van der Waals surface area contributed by atoms with Gasteiger partial charge in [0.05, 0.1) is 4.83 Å². The van der Waals surface area contributed by atoms with Gasteiger partial charge in [-0.15, -0.1) is 0 Å². The summed E-state index contributed by atoms with van der Waals surface area (Å²) in [6.45, 7) is 2.25. The topological polar surface area (TPSA) is 17.1 Å². The lowest BCUT2D eigenvalue weighted by Gasteiger charge is -2.04. The van der Waals surface area contributed by atoms with Crippen LogP contribution in [0.4, 0.5) is 0 Å². The van der Waals surface area contributed by atoms with E-state index in [1.807, 2.05) is 0 Å². The molecule has 0 N–H and O–H groups in total. The molecule has 0 aromatic heterocycles. The summed E-state index contributed by atoms with van der Waals surface area (Å²) >= 11 is 8.64. The van der Waals surface area contributed by atoms with Crippen LogP contribution in [0.15, 0.2) is 0 Å². The van der Waals surface area contributed by atoms with Gasteiger partial charge in [0.2, 0.25) is 5.24 Å². The summed E-state index contributed by atoms with van der Waals surface area (Å²) in [5, 5.41) is -0.263. The molecule has 0 aliphatic heterocycles. The fourth-order valence-corrected chi connectivity index (χ4v) is 2.36. The summed E-state index contributed by atoms with van der Waals surface area (Å²) in [5.74, 6) is 0. The maximum absolute atomic E-state index is 10.8. The summed E-state index contributed by atoms with van der Waals surface area (Å²) in [4.78, 5) is 10.6. The van der Waals surface area contributed by atoms with Gasteiger partial charge in [-0.25, -0.2) is 0 Å². The maximum Gasteiger partial charge on any atom is 0.235 e.